The number of nitrogens with zero attached hydrogens (tertiary/aromatic N) is 5. The number of hydrogen-bond donors (Lipinski definition) is 0. The van der Waals surface area contributed by atoms with Crippen LogP contribution in [0.25, 0.3) is 4.96 Å². The normalized spacial score (nSPS) is 16.0. The van der Waals surface area contributed by atoms with E-state index in [1.54, 1.807) is 16.7 Å². The van der Waals surface area contributed by atoms with Crippen LogP contribution in [0.2, 0.25) is 0 Å². The fraction of sp³-hybridized carbons (Fsp3) is 0.353. The van der Waals surface area contributed by atoms with Gasteiger partial charge in [-0.1, -0.05) is 6.07 Å². The Bertz CT molecular complexity index is 910. The van der Waals surface area contributed by atoms with E-state index in [1.165, 1.54) is 11.3 Å². The molecule has 3 aromatic heterocycles. The van der Waals surface area contributed by atoms with E-state index in [9.17, 15) is 4.79 Å². The van der Waals surface area contributed by atoms with Crippen molar-refractivity contribution in [2.75, 3.05) is 31.1 Å². The summed E-state index contributed by atoms with van der Waals surface area (Å²) < 4.78 is 1.59. The Hall–Kier alpha value is -2.25. The molecule has 1 aliphatic rings. The van der Waals surface area contributed by atoms with Crippen molar-refractivity contribution in [2.45, 2.75) is 13.5 Å². The SMILES string of the molecule is Cc1cccc(N2CCN(Cc3cc(=O)n4ccsc4n3)CC2)n1. The molecule has 0 bridgehead atoms. The lowest BCUT2D eigenvalue weighted by Gasteiger charge is -2.35. The third-order valence-electron chi connectivity index (χ3n) is 4.31. The molecule has 1 aliphatic heterocycles. The molecule has 0 spiro atoms. The van der Waals surface area contributed by atoms with Gasteiger partial charge in [0.2, 0.25) is 0 Å². The first-order valence-corrected chi connectivity index (χ1v) is 8.94. The molecule has 4 rings (SSSR count). The highest BCUT2D eigenvalue weighted by molar-refractivity contribution is 7.15. The van der Waals surface area contributed by atoms with Gasteiger partial charge in [0.15, 0.2) is 4.96 Å². The average Bonchev–Trinajstić information content (AvgIpc) is 3.05. The molecule has 7 heteroatoms. The first kappa shape index (κ1) is 15.3. The maximum absolute atomic E-state index is 12.1. The van der Waals surface area contributed by atoms with Gasteiger partial charge >= 0.3 is 0 Å². The van der Waals surface area contributed by atoms with E-state index >= 15 is 0 Å². The van der Waals surface area contributed by atoms with Gasteiger partial charge in [0.05, 0.1) is 5.69 Å². The summed E-state index contributed by atoms with van der Waals surface area (Å²) in [4.78, 5) is 26.7. The third kappa shape index (κ3) is 3.05. The van der Waals surface area contributed by atoms with Crippen molar-refractivity contribution in [1.82, 2.24) is 19.3 Å². The van der Waals surface area contributed by atoms with Crippen LogP contribution in [0.3, 0.4) is 0 Å². The Morgan fingerprint density at radius 3 is 2.79 bits per heavy atom. The number of rotatable bonds is 3. The van der Waals surface area contributed by atoms with Crippen molar-refractivity contribution in [3.63, 3.8) is 0 Å². The zero-order valence-corrected chi connectivity index (χ0v) is 14.4. The smallest absolute Gasteiger partial charge is 0.258 e. The molecule has 24 heavy (non-hydrogen) atoms. The fourth-order valence-corrected chi connectivity index (χ4v) is 3.78. The molecular weight excluding hydrogens is 322 g/mol. The molecule has 1 saturated heterocycles. The number of thiazole rings is 1. The molecule has 0 atom stereocenters. The lowest BCUT2D eigenvalue weighted by atomic mass is 10.2. The lowest BCUT2D eigenvalue weighted by Crippen LogP contribution is -2.46. The second kappa shape index (κ2) is 6.33. The molecule has 0 radical (unpaired) electrons. The highest BCUT2D eigenvalue weighted by atomic mass is 32.1. The highest BCUT2D eigenvalue weighted by Crippen LogP contribution is 2.15. The minimum atomic E-state index is -0.00107. The van der Waals surface area contributed by atoms with Gasteiger partial charge in [-0.2, -0.15) is 0 Å². The summed E-state index contributed by atoms with van der Waals surface area (Å²) in [6.45, 7) is 6.51. The monoisotopic (exact) mass is 341 g/mol. The molecule has 0 unspecified atom stereocenters. The summed E-state index contributed by atoms with van der Waals surface area (Å²) in [5.41, 5.74) is 1.90. The predicted octanol–water partition coefficient (Wildman–Crippen LogP) is 1.78. The van der Waals surface area contributed by atoms with Crippen LogP contribution < -0.4 is 10.5 Å². The molecule has 4 heterocycles. The van der Waals surface area contributed by atoms with Crippen molar-refractivity contribution in [1.29, 1.82) is 0 Å². The number of fused-ring (bicyclic) bond motifs is 1. The lowest BCUT2D eigenvalue weighted by molar-refractivity contribution is 0.246. The van der Waals surface area contributed by atoms with E-state index in [0.717, 1.165) is 54.9 Å². The first-order valence-electron chi connectivity index (χ1n) is 8.06. The van der Waals surface area contributed by atoms with Gasteiger partial charge in [-0.15, -0.1) is 11.3 Å². The van der Waals surface area contributed by atoms with E-state index in [2.05, 4.69) is 31.9 Å². The quantitative estimate of drug-likeness (QED) is 0.727. The molecule has 0 N–H and O–H groups in total. The van der Waals surface area contributed by atoms with Crippen LogP contribution in [-0.4, -0.2) is 45.4 Å². The van der Waals surface area contributed by atoms with Crippen molar-refractivity contribution >= 4 is 22.1 Å². The van der Waals surface area contributed by atoms with E-state index in [4.69, 9.17) is 0 Å². The second-order valence-corrected chi connectivity index (χ2v) is 6.91. The van der Waals surface area contributed by atoms with Crippen LogP contribution in [-0.2, 0) is 6.54 Å². The number of piperazine rings is 1. The summed E-state index contributed by atoms with van der Waals surface area (Å²) >= 11 is 1.49. The van der Waals surface area contributed by atoms with Gasteiger partial charge in [0, 0.05) is 56.1 Å². The zero-order valence-electron chi connectivity index (χ0n) is 13.6. The van der Waals surface area contributed by atoms with Gasteiger partial charge < -0.3 is 4.90 Å². The zero-order chi connectivity index (χ0) is 16.5. The molecule has 6 nitrogen and oxygen atoms in total. The minimum absolute atomic E-state index is 0.00107. The maximum atomic E-state index is 12.1. The molecule has 0 amide bonds. The number of anilines is 1. The van der Waals surface area contributed by atoms with Gasteiger partial charge in [-0.05, 0) is 19.1 Å². The van der Waals surface area contributed by atoms with E-state index in [1.807, 2.05) is 18.4 Å². The molecule has 0 saturated carbocycles. The highest BCUT2D eigenvalue weighted by Gasteiger charge is 2.19. The van der Waals surface area contributed by atoms with Crippen molar-refractivity contribution in [3.05, 3.63) is 57.6 Å². The molecule has 3 aromatic rings. The van der Waals surface area contributed by atoms with Gasteiger partial charge in [0.25, 0.3) is 5.56 Å². The number of aryl methyl sites for hydroxylation is 1. The largest absolute Gasteiger partial charge is 0.354 e. The van der Waals surface area contributed by atoms with Gasteiger partial charge in [0.1, 0.15) is 5.82 Å². The molecular formula is C17H19N5OS. The van der Waals surface area contributed by atoms with Crippen molar-refractivity contribution < 1.29 is 0 Å². The summed E-state index contributed by atoms with van der Waals surface area (Å²) in [5.74, 6) is 1.05. The second-order valence-electron chi connectivity index (χ2n) is 6.04. The Balaban J connectivity index is 1.43. The van der Waals surface area contributed by atoms with Crippen LogP contribution in [0, 0.1) is 6.92 Å². The van der Waals surface area contributed by atoms with Crippen LogP contribution in [0.5, 0.6) is 0 Å². The topological polar surface area (TPSA) is 53.7 Å². The standard InChI is InChI=1S/C17H19N5OS/c1-13-3-2-4-15(18-13)21-7-5-20(6-8-21)12-14-11-16(23)22-9-10-24-17(22)19-14/h2-4,9-11H,5-8,12H2,1H3. The minimum Gasteiger partial charge on any atom is -0.354 e. The maximum Gasteiger partial charge on any atom is 0.258 e. The van der Waals surface area contributed by atoms with E-state index in [0.29, 0.717) is 0 Å². The molecule has 0 aliphatic carbocycles. The Labute approximate surface area is 144 Å². The number of aromatic nitrogens is 3. The summed E-state index contributed by atoms with van der Waals surface area (Å²) in [6, 6.07) is 7.78. The van der Waals surface area contributed by atoms with Crippen LogP contribution >= 0.6 is 11.3 Å². The average molecular weight is 341 g/mol. The summed E-state index contributed by atoms with van der Waals surface area (Å²) in [6.07, 6.45) is 1.77. The summed E-state index contributed by atoms with van der Waals surface area (Å²) in [7, 11) is 0. The number of hydrogen-bond acceptors (Lipinski definition) is 6. The Morgan fingerprint density at radius 2 is 2.00 bits per heavy atom. The fourth-order valence-electron chi connectivity index (χ4n) is 3.04. The van der Waals surface area contributed by atoms with E-state index < -0.39 is 0 Å². The Kier molecular flexibility index (Phi) is 4.03. The number of pyridine rings is 1. The first-order chi connectivity index (χ1) is 11.7. The van der Waals surface area contributed by atoms with Crippen LogP contribution in [0.1, 0.15) is 11.4 Å². The van der Waals surface area contributed by atoms with Gasteiger partial charge in [-0.3, -0.25) is 14.1 Å². The van der Waals surface area contributed by atoms with E-state index in [-0.39, 0.29) is 5.56 Å². The van der Waals surface area contributed by atoms with Crippen molar-refractivity contribution in [3.8, 4) is 0 Å². The predicted molar refractivity (Wildman–Crippen MR) is 95.8 cm³/mol. The van der Waals surface area contributed by atoms with Gasteiger partial charge in [-0.25, -0.2) is 9.97 Å². The summed E-state index contributed by atoms with van der Waals surface area (Å²) in [5, 5.41) is 1.89. The molecule has 124 valence electrons. The Morgan fingerprint density at radius 1 is 1.17 bits per heavy atom. The molecule has 0 aromatic carbocycles. The van der Waals surface area contributed by atoms with Crippen LogP contribution in [0.4, 0.5) is 5.82 Å². The molecule has 1 fully saturated rings. The third-order valence-corrected chi connectivity index (χ3v) is 5.07. The van der Waals surface area contributed by atoms with Crippen molar-refractivity contribution in [2.24, 2.45) is 0 Å². The van der Waals surface area contributed by atoms with Crippen LogP contribution in [0.15, 0.2) is 40.6 Å².